The Bertz CT molecular complexity index is 470. The molecule has 0 bridgehead atoms. The second-order valence-electron chi connectivity index (χ2n) is 3.53. The van der Waals surface area contributed by atoms with Gasteiger partial charge in [0.05, 0.1) is 6.61 Å². The largest absolute Gasteiger partial charge is 0.393 e. The summed E-state index contributed by atoms with van der Waals surface area (Å²) < 4.78 is 6.66. The summed E-state index contributed by atoms with van der Waals surface area (Å²) in [7, 11) is 0. The minimum absolute atomic E-state index is 0.0724. The van der Waals surface area contributed by atoms with Crippen LogP contribution in [0.2, 0.25) is 0 Å². The Morgan fingerprint density at radius 2 is 2.50 bits per heavy atom. The highest BCUT2D eigenvalue weighted by Crippen LogP contribution is 2.30. The molecule has 0 saturated carbocycles. The monoisotopic (exact) mass is 224 g/mol. The van der Waals surface area contributed by atoms with E-state index in [1.54, 1.807) is 0 Å². The van der Waals surface area contributed by atoms with Gasteiger partial charge in [-0.05, 0) is 5.57 Å². The molecule has 0 unspecified atom stereocenters. The Balaban J connectivity index is 2.27. The van der Waals surface area contributed by atoms with Gasteiger partial charge in [0.2, 0.25) is 5.95 Å². The molecule has 2 atom stereocenters. The molecular formula is C9H12N4O3. The van der Waals surface area contributed by atoms with E-state index in [4.69, 9.17) is 15.6 Å². The van der Waals surface area contributed by atoms with E-state index in [1.807, 2.05) is 0 Å². The fourth-order valence-electron chi connectivity index (χ4n) is 1.58. The number of nitrogens with two attached hydrogens (primary N) is 1. The van der Waals surface area contributed by atoms with Crippen molar-refractivity contribution in [2.75, 3.05) is 12.3 Å². The Morgan fingerprint density at radius 3 is 3.06 bits per heavy atom. The zero-order valence-electron chi connectivity index (χ0n) is 8.54. The zero-order valence-corrected chi connectivity index (χ0v) is 8.54. The highest BCUT2D eigenvalue weighted by molar-refractivity contribution is 5.11. The lowest BCUT2D eigenvalue weighted by atomic mass is 10.1. The number of rotatable bonds is 2. The number of hydrogen-bond donors (Lipinski definition) is 2. The van der Waals surface area contributed by atoms with Gasteiger partial charge in [0, 0.05) is 6.42 Å². The molecule has 7 nitrogen and oxygen atoms in total. The first-order chi connectivity index (χ1) is 7.61. The molecule has 0 radical (unpaired) electrons. The molecule has 1 aromatic rings. The van der Waals surface area contributed by atoms with Gasteiger partial charge < -0.3 is 15.6 Å². The Kier molecular flexibility index (Phi) is 2.71. The van der Waals surface area contributed by atoms with Gasteiger partial charge >= 0.3 is 5.69 Å². The molecule has 86 valence electrons. The van der Waals surface area contributed by atoms with Crippen molar-refractivity contribution in [1.29, 1.82) is 0 Å². The summed E-state index contributed by atoms with van der Waals surface area (Å²) in [4.78, 5) is 18.7. The summed E-state index contributed by atoms with van der Waals surface area (Å²) in [6, 6.07) is 0. The quantitative estimate of drug-likeness (QED) is 0.628. The molecule has 1 fully saturated rings. The molecule has 2 heterocycles. The Labute approximate surface area is 91.2 Å². The van der Waals surface area contributed by atoms with E-state index < -0.39 is 18.0 Å². The molecule has 0 spiro atoms. The average Bonchev–Trinajstić information content (AvgIpc) is 2.59. The highest BCUT2D eigenvalue weighted by atomic mass is 16.5. The van der Waals surface area contributed by atoms with Crippen LogP contribution in [0, 0.1) is 0 Å². The van der Waals surface area contributed by atoms with Crippen molar-refractivity contribution in [3.8, 4) is 0 Å². The summed E-state index contributed by atoms with van der Waals surface area (Å²) >= 11 is 0. The third-order valence-corrected chi connectivity index (χ3v) is 2.44. The van der Waals surface area contributed by atoms with Crippen molar-refractivity contribution >= 4 is 5.95 Å². The van der Waals surface area contributed by atoms with Crippen LogP contribution in [0.5, 0.6) is 0 Å². The molecule has 7 heteroatoms. The van der Waals surface area contributed by atoms with Crippen molar-refractivity contribution in [2.45, 2.75) is 18.8 Å². The van der Waals surface area contributed by atoms with Gasteiger partial charge in [-0.3, -0.25) is 4.57 Å². The van der Waals surface area contributed by atoms with E-state index in [0.29, 0.717) is 6.42 Å². The molecular weight excluding hydrogens is 212 g/mol. The van der Waals surface area contributed by atoms with E-state index >= 15 is 0 Å². The first-order valence-electron chi connectivity index (χ1n) is 4.76. The van der Waals surface area contributed by atoms with E-state index in [2.05, 4.69) is 16.5 Å². The van der Waals surface area contributed by atoms with E-state index in [0.717, 1.165) is 5.57 Å². The minimum atomic E-state index is -0.524. The number of ether oxygens (including phenoxy) is 1. The van der Waals surface area contributed by atoms with E-state index in [-0.39, 0.29) is 12.6 Å². The highest BCUT2D eigenvalue weighted by Gasteiger charge is 2.30. The standard InChI is InChI=1S/C9H12N4O3/c1-5-2-7(16-6(5)3-14)13-4-11-8(10)12-9(13)15/h4,6-7,14H,1-3H2,(H2,10,12,15)/t6-,7-/m1/s1. The average molecular weight is 224 g/mol. The predicted molar refractivity (Wildman–Crippen MR) is 55.5 cm³/mol. The molecule has 16 heavy (non-hydrogen) atoms. The molecule has 1 aromatic heterocycles. The topological polar surface area (TPSA) is 103 Å². The van der Waals surface area contributed by atoms with Crippen LogP contribution in [-0.2, 0) is 4.74 Å². The first-order valence-corrected chi connectivity index (χ1v) is 4.76. The van der Waals surface area contributed by atoms with Crippen molar-refractivity contribution in [3.05, 3.63) is 29.0 Å². The van der Waals surface area contributed by atoms with Gasteiger partial charge in [-0.25, -0.2) is 9.78 Å². The number of nitrogens with zero attached hydrogens (tertiary/aromatic N) is 3. The second-order valence-corrected chi connectivity index (χ2v) is 3.53. The predicted octanol–water partition coefficient (Wildman–Crippen LogP) is -0.944. The molecule has 2 rings (SSSR count). The molecule has 0 aromatic carbocycles. The summed E-state index contributed by atoms with van der Waals surface area (Å²) in [6.07, 6.45) is 0.785. The number of hydrogen-bond acceptors (Lipinski definition) is 6. The van der Waals surface area contributed by atoms with Crippen LogP contribution in [0.1, 0.15) is 12.6 Å². The lowest BCUT2D eigenvalue weighted by molar-refractivity contribution is -0.0192. The van der Waals surface area contributed by atoms with Crippen LogP contribution in [0.15, 0.2) is 23.3 Å². The van der Waals surface area contributed by atoms with Gasteiger partial charge in [0.25, 0.3) is 0 Å². The Morgan fingerprint density at radius 1 is 1.75 bits per heavy atom. The van der Waals surface area contributed by atoms with Crippen molar-refractivity contribution < 1.29 is 9.84 Å². The van der Waals surface area contributed by atoms with E-state index in [9.17, 15) is 4.79 Å². The SMILES string of the molecule is C=C1C[C@H](n2cnc(N)nc2=O)O[C@@H]1CO. The third kappa shape index (κ3) is 1.82. The maximum Gasteiger partial charge on any atom is 0.354 e. The van der Waals surface area contributed by atoms with Gasteiger partial charge in [0.1, 0.15) is 18.7 Å². The number of aliphatic hydroxyl groups is 1. The smallest absolute Gasteiger partial charge is 0.354 e. The minimum Gasteiger partial charge on any atom is -0.393 e. The fourth-order valence-corrected chi connectivity index (χ4v) is 1.58. The van der Waals surface area contributed by atoms with Gasteiger partial charge in [-0.1, -0.05) is 6.58 Å². The fraction of sp³-hybridized carbons (Fsp3) is 0.444. The summed E-state index contributed by atoms with van der Waals surface area (Å²) in [5, 5.41) is 8.99. The van der Waals surface area contributed by atoms with Gasteiger partial charge in [-0.2, -0.15) is 4.98 Å². The van der Waals surface area contributed by atoms with Crippen molar-refractivity contribution in [2.24, 2.45) is 0 Å². The second kappa shape index (κ2) is 4.03. The van der Waals surface area contributed by atoms with Crippen molar-refractivity contribution in [1.82, 2.24) is 14.5 Å². The normalized spacial score (nSPS) is 24.9. The zero-order chi connectivity index (χ0) is 11.7. The number of aliphatic hydroxyl groups excluding tert-OH is 1. The molecule has 3 N–H and O–H groups in total. The summed E-state index contributed by atoms with van der Waals surface area (Å²) in [5.74, 6) is -0.0724. The van der Waals surface area contributed by atoms with Crippen LogP contribution in [0.4, 0.5) is 5.95 Å². The van der Waals surface area contributed by atoms with Crippen LogP contribution >= 0.6 is 0 Å². The molecule has 0 aliphatic carbocycles. The van der Waals surface area contributed by atoms with Crippen LogP contribution in [0.3, 0.4) is 0 Å². The van der Waals surface area contributed by atoms with Gasteiger partial charge in [0.15, 0.2) is 0 Å². The molecule has 1 aliphatic rings. The summed E-state index contributed by atoms with van der Waals surface area (Å²) in [5.41, 5.74) is 5.50. The maximum absolute atomic E-state index is 11.5. The van der Waals surface area contributed by atoms with Crippen LogP contribution in [-0.4, -0.2) is 32.4 Å². The number of anilines is 1. The van der Waals surface area contributed by atoms with Crippen LogP contribution < -0.4 is 11.4 Å². The van der Waals surface area contributed by atoms with Crippen molar-refractivity contribution in [3.63, 3.8) is 0 Å². The number of aromatic nitrogens is 3. The molecule has 1 saturated heterocycles. The molecule has 0 amide bonds. The summed E-state index contributed by atoms with van der Waals surface area (Å²) in [6.45, 7) is 3.61. The first kappa shape index (κ1) is 10.8. The van der Waals surface area contributed by atoms with Crippen LogP contribution in [0.25, 0.3) is 0 Å². The van der Waals surface area contributed by atoms with Gasteiger partial charge in [-0.15, -0.1) is 0 Å². The maximum atomic E-state index is 11.5. The third-order valence-electron chi connectivity index (χ3n) is 2.44. The lowest BCUT2D eigenvalue weighted by Crippen LogP contribution is -2.28. The van der Waals surface area contributed by atoms with E-state index in [1.165, 1.54) is 10.9 Å². The Hall–Kier alpha value is -1.73. The lowest BCUT2D eigenvalue weighted by Gasteiger charge is -2.13. The number of nitrogen functional groups attached to an aromatic ring is 1. The molecule has 1 aliphatic heterocycles.